The van der Waals surface area contributed by atoms with Crippen LogP contribution in [0.25, 0.3) is 0 Å². The number of likely N-dealkylation sites (tertiary alicyclic amines) is 1. The summed E-state index contributed by atoms with van der Waals surface area (Å²) in [6.45, 7) is 1.96. The predicted molar refractivity (Wildman–Crippen MR) is 97.6 cm³/mol. The molecule has 0 aromatic heterocycles. The second-order valence-corrected chi connectivity index (χ2v) is 6.45. The Labute approximate surface area is 153 Å². The summed E-state index contributed by atoms with van der Waals surface area (Å²) in [6, 6.07) is 16.0. The van der Waals surface area contributed by atoms with Crippen molar-refractivity contribution in [1.82, 2.24) is 4.90 Å². The standard InChI is InChI=1S/C21H24FNO3/c22-18-8-10-19(11-9-18)26-16-21(24)23-13-12-20(15-23)25-14-4-7-17-5-2-1-3-6-17/h1-3,5-6,8-11,20H,4,7,12-16H2/t20-/m0/s1. The van der Waals surface area contributed by atoms with Gasteiger partial charge in [-0.15, -0.1) is 0 Å². The first kappa shape index (κ1) is 18.4. The van der Waals surface area contributed by atoms with Crippen molar-refractivity contribution in [2.75, 3.05) is 26.3 Å². The van der Waals surface area contributed by atoms with E-state index in [0.29, 0.717) is 25.4 Å². The highest BCUT2D eigenvalue weighted by Gasteiger charge is 2.26. The van der Waals surface area contributed by atoms with E-state index in [-0.39, 0.29) is 24.4 Å². The molecule has 5 heteroatoms. The third-order valence-electron chi connectivity index (χ3n) is 4.48. The summed E-state index contributed by atoms with van der Waals surface area (Å²) in [5.41, 5.74) is 1.32. The maximum atomic E-state index is 12.9. The molecule has 3 rings (SSSR count). The van der Waals surface area contributed by atoms with Gasteiger partial charge in [-0.1, -0.05) is 30.3 Å². The number of rotatable bonds is 8. The zero-order valence-corrected chi connectivity index (χ0v) is 14.8. The van der Waals surface area contributed by atoms with Gasteiger partial charge in [0.15, 0.2) is 6.61 Å². The summed E-state index contributed by atoms with van der Waals surface area (Å²) in [6.07, 6.45) is 2.93. The van der Waals surface area contributed by atoms with Gasteiger partial charge in [-0.2, -0.15) is 0 Å². The molecule has 2 aromatic rings. The summed E-state index contributed by atoms with van der Waals surface area (Å²) in [4.78, 5) is 14.0. The van der Waals surface area contributed by atoms with Crippen molar-refractivity contribution in [3.8, 4) is 5.75 Å². The quantitative estimate of drug-likeness (QED) is 0.679. The fourth-order valence-corrected chi connectivity index (χ4v) is 3.03. The van der Waals surface area contributed by atoms with Crippen molar-refractivity contribution in [3.05, 3.63) is 66.0 Å². The molecular formula is C21H24FNO3. The monoisotopic (exact) mass is 357 g/mol. The van der Waals surface area contributed by atoms with Crippen LogP contribution >= 0.6 is 0 Å². The Kier molecular flexibility index (Phi) is 6.61. The molecule has 0 radical (unpaired) electrons. The molecule has 1 aliphatic rings. The summed E-state index contributed by atoms with van der Waals surface area (Å²) >= 11 is 0. The lowest BCUT2D eigenvalue weighted by Gasteiger charge is -2.17. The van der Waals surface area contributed by atoms with Crippen LogP contribution in [0.5, 0.6) is 5.75 Å². The zero-order chi connectivity index (χ0) is 18.2. The number of carbonyl (C=O) groups is 1. The SMILES string of the molecule is O=C(COc1ccc(F)cc1)N1CC[C@H](OCCCc2ccccc2)C1. The smallest absolute Gasteiger partial charge is 0.260 e. The fraction of sp³-hybridized carbons (Fsp3) is 0.381. The molecule has 0 bridgehead atoms. The molecule has 1 atom stereocenters. The van der Waals surface area contributed by atoms with Gasteiger partial charge in [-0.05, 0) is 49.1 Å². The van der Waals surface area contributed by atoms with Crippen molar-refractivity contribution in [3.63, 3.8) is 0 Å². The molecule has 1 fully saturated rings. The molecule has 0 aliphatic carbocycles. The Hall–Kier alpha value is -2.40. The van der Waals surface area contributed by atoms with Crippen LogP contribution < -0.4 is 4.74 Å². The van der Waals surface area contributed by atoms with Crippen LogP contribution in [0.15, 0.2) is 54.6 Å². The number of benzene rings is 2. The van der Waals surface area contributed by atoms with Crippen molar-refractivity contribution in [2.45, 2.75) is 25.4 Å². The van der Waals surface area contributed by atoms with Crippen molar-refractivity contribution >= 4 is 5.91 Å². The van der Waals surface area contributed by atoms with Crippen LogP contribution in [0.3, 0.4) is 0 Å². The molecule has 4 nitrogen and oxygen atoms in total. The van der Waals surface area contributed by atoms with Crippen LogP contribution in [0.2, 0.25) is 0 Å². The lowest BCUT2D eigenvalue weighted by molar-refractivity contribution is -0.132. The summed E-state index contributed by atoms with van der Waals surface area (Å²) in [5, 5.41) is 0. The molecule has 1 amide bonds. The van der Waals surface area contributed by atoms with Gasteiger partial charge in [0.25, 0.3) is 5.91 Å². The molecule has 0 unspecified atom stereocenters. The van der Waals surface area contributed by atoms with Crippen molar-refractivity contribution < 1.29 is 18.7 Å². The van der Waals surface area contributed by atoms with Gasteiger partial charge in [0.1, 0.15) is 11.6 Å². The van der Waals surface area contributed by atoms with Gasteiger partial charge in [-0.3, -0.25) is 4.79 Å². The van der Waals surface area contributed by atoms with E-state index in [1.807, 2.05) is 18.2 Å². The summed E-state index contributed by atoms with van der Waals surface area (Å²) < 4.78 is 24.2. The lowest BCUT2D eigenvalue weighted by atomic mass is 10.1. The maximum Gasteiger partial charge on any atom is 0.260 e. The van der Waals surface area contributed by atoms with Crippen LogP contribution in [0.1, 0.15) is 18.4 Å². The van der Waals surface area contributed by atoms with E-state index in [2.05, 4.69) is 12.1 Å². The Balaban J connectivity index is 1.32. The number of carbonyl (C=O) groups excluding carboxylic acids is 1. The zero-order valence-electron chi connectivity index (χ0n) is 14.8. The first-order chi connectivity index (χ1) is 12.7. The van der Waals surface area contributed by atoms with Crippen molar-refractivity contribution in [2.24, 2.45) is 0 Å². The lowest BCUT2D eigenvalue weighted by Crippen LogP contribution is -2.34. The fourth-order valence-electron chi connectivity index (χ4n) is 3.03. The predicted octanol–water partition coefficient (Wildman–Crippen LogP) is 3.45. The average Bonchev–Trinajstić information content (AvgIpc) is 3.14. The first-order valence-electron chi connectivity index (χ1n) is 9.02. The molecule has 0 spiro atoms. The molecule has 1 aliphatic heterocycles. The van der Waals surface area contributed by atoms with Gasteiger partial charge >= 0.3 is 0 Å². The second-order valence-electron chi connectivity index (χ2n) is 6.45. The van der Waals surface area contributed by atoms with E-state index in [4.69, 9.17) is 9.47 Å². The number of ether oxygens (including phenoxy) is 2. The molecule has 26 heavy (non-hydrogen) atoms. The Morgan fingerprint density at radius 2 is 1.88 bits per heavy atom. The molecule has 1 saturated heterocycles. The van der Waals surface area contributed by atoms with E-state index in [0.717, 1.165) is 19.3 Å². The van der Waals surface area contributed by atoms with Gasteiger partial charge in [0.2, 0.25) is 0 Å². The molecule has 138 valence electrons. The molecule has 0 saturated carbocycles. The normalized spacial score (nSPS) is 16.7. The topological polar surface area (TPSA) is 38.8 Å². The van der Waals surface area contributed by atoms with Gasteiger partial charge in [-0.25, -0.2) is 4.39 Å². The van der Waals surface area contributed by atoms with E-state index in [9.17, 15) is 9.18 Å². The second kappa shape index (κ2) is 9.34. The third kappa shape index (κ3) is 5.56. The van der Waals surface area contributed by atoms with E-state index < -0.39 is 0 Å². The van der Waals surface area contributed by atoms with Gasteiger partial charge in [0.05, 0.1) is 6.10 Å². The first-order valence-corrected chi connectivity index (χ1v) is 9.02. The minimum absolute atomic E-state index is 0.0354. The number of nitrogens with zero attached hydrogens (tertiary/aromatic N) is 1. The Bertz CT molecular complexity index is 690. The highest BCUT2D eigenvalue weighted by Crippen LogP contribution is 2.15. The van der Waals surface area contributed by atoms with E-state index in [1.54, 1.807) is 4.90 Å². The van der Waals surface area contributed by atoms with Crippen LogP contribution in [-0.2, 0) is 16.0 Å². The van der Waals surface area contributed by atoms with Gasteiger partial charge < -0.3 is 14.4 Å². The molecular weight excluding hydrogens is 333 g/mol. The number of aryl methyl sites for hydroxylation is 1. The Morgan fingerprint density at radius 1 is 1.12 bits per heavy atom. The minimum Gasteiger partial charge on any atom is -0.484 e. The summed E-state index contributed by atoms with van der Waals surface area (Å²) in [5.74, 6) is 0.104. The Morgan fingerprint density at radius 3 is 2.65 bits per heavy atom. The average molecular weight is 357 g/mol. The molecule has 0 N–H and O–H groups in total. The molecule has 2 aromatic carbocycles. The molecule has 1 heterocycles. The number of hydrogen-bond acceptors (Lipinski definition) is 3. The van der Waals surface area contributed by atoms with Gasteiger partial charge in [0, 0.05) is 19.7 Å². The highest BCUT2D eigenvalue weighted by atomic mass is 19.1. The van der Waals surface area contributed by atoms with E-state index in [1.165, 1.54) is 29.8 Å². The largest absolute Gasteiger partial charge is 0.484 e. The highest BCUT2D eigenvalue weighted by molar-refractivity contribution is 5.78. The minimum atomic E-state index is -0.324. The number of amides is 1. The van der Waals surface area contributed by atoms with Crippen LogP contribution in [-0.4, -0.2) is 43.2 Å². The number of halogens is 1. The number of hydrogen-bond donors (Lipinski definition) is 0. The van der Waals surface area contributed by atoms with Crippen molar-refractivity contribution in [1.29, 1.82) is 0 Å². The third-order valence-corrected chi connectivity index (χ3v) is 4.48. The van der Waals surface area contributed by atoms with Crippen LogP contribution in [0, 0.1) is 5.82 Å². The summed E-state index contributed by atoms with van der Waals surface area (Å²) in [7, 11) is 0. The van der Waals surface area contributed by atoms with Crippen LogP contribution in [0.4, 0.5) is 4.39 Å². The maximum absolute atomic E-state index is 12.9. The van der Waals surface area contributed by atoms with E-state index >= 15 is 0 Å².